The molecule has 0 bridgehead atoms. The maximum Gasteiger partial charge on any atom is 0.316 e. The maximum atomic E-state index is 12.6. The van der Waals surface area contributed by atoms with Crippen molar-refractivity contribution in [3.05, 3.63) is 199 Å². The van der Waals surface area contributed by atoms with E-state index in [1.165, 1.54) is 6.07 Å². The normalized spacial score (nSPS) is 12.0. The number of benzene rings is 12. The number of rotatable bonds is 15. The summed E-state index contributed by atoms with van der Waals surface area (Å²) in [7, 11) is 0. The SMILES string of the molecule is CCC(C)(C)C(=O)Oc1c2ccccc2c(O)c2ccccc12.CCC(C)(C)C(=O)Oc1cc(C)c(O)c(C)c1.CCC(C)(C)C(=O)Oc1cccc2c(O)cccc12.CCC(C)C(=O)Oc1c2ccccc2c(O)c2ccccc12.CCC(C)C(=O)Oc1c2ccccc2cc2c(O)c(O)ccc12. The zero-order valence-electron chi connectivity index (χ0n) is 61.9. The van der Waals surface area contributed by atoms with Crippen molar-refractivity contribution in [1.29, 1.82) is 0 Å². The van der Waals surface area contributed by atoms with Crippen LogP contribution in [0.25, 0.3) is 75.4 Å². The predicted molar refractivity (Wildman–Crippen MR) is 414 cm³/mol. The third-order valence-corrected chi connectivity index (χ3v) is 19.3. The zero-order valence-corrected chi connectivity index (χ0v) is 61.9. The van der Waals surface area contributed by atoms with E-state index in [-0.39, 0.29) is 76.2 Å². The average Bonchev–Trinajstić information content (AvgIpc) is 0.769. The lowest BCUT2D eigenvalue weighted by Gasteiger charge is -2.22. The Bertz CT molecular complexity index is 5020. The number of aryl methyl sites for hydroxylation is 2. The highest BCUT2D eigenvalue weighted by molar-refractivity contribution is 6.13. The number of hydrogen-bond donors (Lipinski definition) is 6. The van der Waals surface area contributed by atoms with Gasteiger partial charge in [0.1, 0.15) is 51.7 Å². The molecule has 16 nitrogen and oxygen atoms in total. The van der Waals surface area contributed by atoms with Crippen LogP contribution in [0.1, 0.15) is 133 Å². The first-order valence-electron chi connectivity index (χ1n) is 35.1. The van der Waals surface area contributed by atoms with Crippen LogP contribution in [0.4, 0.5) is 0 Å². The molecule has 0 aliphatic rings. The van der Waals surface area contributed by atoms with Crippen molar-refractivity contribution in [2.75, 3.05) is 0 Å². The van der Waals surface area contributed by atoms with E-state index >= 15 is 0 Å². The Morgan fingerprint density at radius 3 is 1.11 bits per heavy atom. The van der Waals surface area contributed by atoms with Gasteiger partial charge in [0.05, 0.1) is 28.1 Å². The van der Waals surface area contributed by atoms with Crippen molar-refractivity contribution in [2.45, 2.75) is 136 Å². The molecule has 12 aromatic carbocycles. The molecule has 0 saturated heterocycles. The Morgan fingerprint density at radius 2 is 0.673 bits per heavy atom. The van der Waals surface area contributed by atoms with Crippen LogP contribution in [-0.2, 0) is 24.0 Å². The minimum atomic E-state index is -0.555. The van der Waals surface area contributed by atoms with E-state index in [2.05, 4.69) is 0 Å². The first-order valence-corrected chi connectivity index (χ1v) is 35.1. The highest BCUT2D eigenvalue weighted by Gasteiger charge is 2.32. The van der Waals surface area contributed by atoms with Gasteiger partial charge in [0.25, 0.3) is 0 Å². The average molecular weight is 1410 g/mol. The van der Waals surface area contributed by atoms with Crippen LogP contribution in [0, 0.1) is 41.9 Å². The molecule has 0 amide bonds. The molecule has 0 saturated carbocycles. The molecule has 0 aromatic heterocycles. The minimum absolute atomic E-state index is 0.161. The number of phenolic OH excluding ortho intramolecular Hbond substituents is 6. The maximum absolute atomic E-state index is 12.6. The van der Waals surface area contributed by atoms with E-state index in [1.54, 1.807) is 68.4 Å². The Balaban J connectivity index is 0.000000165. The third kappa shape index (κ3) is 17.6. The van der Waals surface area contributed by atoms with E-state index in [0.29, 0.717) is 96.8 Å². The van der Waals surface area contributed by atoms with Gasteiger partial charge in [-0.2, -0.15) is 0 Å². The molecule has 104 heavy (non-hydrogen) atoms. The Hall–Kier alpha value is -11.4. The van der Waals surface area contributed by atoms with Gasteiger partial charge < -0.3 is 54.3 Å². The van der Waals surface area contributed by atoms with E-state index in [1.807, 2.05) is 217 Å². The van der Waals surface area contributed by atoms with Gasteiger partial charge in [-0.3, -0.25) is 24.0 Å². The van der Waals surface area contributed by atoms with Crippen LogP contribution < -0.4 is 23.7 Å². The lowest BCUT2D eigenvalue weighted by molar-refractivity contribution is -0.144. The summed E-state index contributed by atoms with van der Waals surface area (Å²) < 4.78 is 28.0. The molecule has 0 aliphatic carbocycles. The van der Waals surface area contributed by atoms with Crippen LogP contribution in [0.3, 0.4) is 0 Å². The fourth-order valence-electron chi connectivity index (χ4n) is 10.7. The zero-order chi connectivity index (χ0) is 76.1. The number of carbonyl (C=O) groups is 5. The summed E-state index contributed by atoms with van der Waals surface area (Å²) in [6.07, 6.45) is 3.55. The summed E-state index contributed by atoms with van der Waals surface area (Å²) in [5.41, 5.74) is -0.136. The van der Waals surface area contributed by atoms with Gasteiger partial charge in [-0.25, -0.2) is 0 Å². The molecule has 2 unspecified atom stereocenters. The second-order valence-electron chi connectivity index (χ2n) is 27.9. The van der Waals surface area contributed by atoms with E-state index in [9.17, 15) is 54.6 Å². The van der Waals surface area contributed by atoms with Gasteiger partial charge in [0, 0.05) is 70.0 Å². The first kappa shape index (κ1) is 78.3. The van der Waals surface area contributed by atoms with Crippen LogP contribution >= 0.6 is 0 Å². The molecule has 542 valence electrons. The Labute approximate surface area is 607 Å². The number of hydrogen-bond acceptors (Lipinski definition) is 16. The van der Waals surface area contributed by atoms with Crippen molar-refractivity contribution < 1.29 is 78.3 Å². The molecule has 0 heterocycles. The van der Waals surface area contributed by atoms with Crippen molar-refractivity contribution in [3.8, 4) is 63.2 Å². The molecule has 16 heteroatoms. The second kappa shape index (κ2) is 33.6. The highest BCUT2D eigenvalue weighted by Crippen LogP contribution is 2.46. The fraction of sp³-hybridized carbons (Fsp3) is 0.284. The molecular weight excluding hydrogens is 1310 g/mol. The summed E-state index contributed by atoms with van der Waals surface area (Å²) in [6, 6.07) is 55.8. The molecule has 12 aromatic rings. The van der Waals surface area contributed by atoms with E-state index in [4.69, 9.17) is 23.7 Å². The molecule has 2 atom stereocenters. The number of ether oxygens (including phenoxy) is 5. The highest BCUT2D eigenvalue weighted by atomic mass is 16.6. The second-order valence-corrected chi connectivity index (χ2v) is 27.9. The van der Waals surface area contributed by atoms with Gasteiger partial charge in [-0.05, 0) is 146 Å². The lowest BCUT2D eigenvalue weighted by Crippen LogP contribution is -2.28. The van der Waals surface area contributed by atoms with Gasteiger partial charge in [0.2, 0.25) is 0 Å². The van der Waals surface area contributed by atoms with Crippen molar-refractivity contribution >= 4 is 105 Å². The molecule has 6 N–H and O–H groups in total. The van der Waals surface area contributed by atoms with Gasteiger partial charge >= 0.3 is 29.8 Å². The number of carbonyl (C=O) groups excluding carboxylic acids is 5. The van der Waals surface area contributed by atoms with Crippen molar-refractivity contribution in [3.63, 3.8) is 0 Å². The van der Waals surface area contributed by atoms with Gasteiger partial charge in [-0.15, -0.1) is 0 Å². The molecule has 0 fully saturated rings. The summed E-state index contributed by atoms with van der Waals surface area (Å²) in [5, 5.41) is 70.1. The van der Waals surface area contributed by atoms with Gasteiger partial charge in [-0.1, -0.05) is 194 Å². The van der Waals surface area contributed by atoms with Crippen LogP contribution in [0.15, 0.2) is 188 Å². The molecule has 0 spiro atoms. The first-order chi connectivity index (χ1) is 49.3. The largest absolute Gasteiger partial charge is 0.507 e. The Morgan fingerprint density at radius 1 is 0.327 bits per heavy atom. The minimum Gasteiger partial charge on any atom is -0.507 e. The van der Waals surface area contributed by atoms with E-state index < -0.39 is 16.2 Å². The lowest BCUT2D eigenvalue weighted by atomic mass is 9.90. The van der Waals surface area contributed by atoms with Crippen LogP contribution in [-0.4, -0.2) is 60.5 Å². The number of esters is 5. The van der Waals surface area contributed by atoms with Gasteiger partial charge in [0.15, 0.2) is 11.5 Å². The molecule has 0 radical (unpaired) electrons. The van der Waals surface area contributed by atoms with Crippen LogP contribution in [0.2, 0.25) is 0 Å². The number of aromatic hydroxyl groups is 6. The molecule has 12 rings (SSSR count). The van der Waals surface area contributed by atoms with Crippen LogP contribution in [0.5, 0.6) is 63.2 Å². The third-order valence-electron chi connectivity index (χ3n) is 19.3. The summed E-state index contributed by atoms with van der Waals surface area (Å²) in [6.45, 7) is 28.2. The fourth-order valence-corrected chi connectivity index (χ4v) is 10.7. The van der Waals surface area contributed by atoms with Crippen molar-refractivity contribution in [1.82, 2.24) is 0 Å². The molecule has 0 aliphatic heterocycles. The molecular formula is C88H94O16. The number of phenols is 6. The Kier molecular flexibility index (Phi) is 25.3. The summed E-state index contributed by atoms with van der Waals surface area (Å²) in [4.78, 5) is 61.0. The van der Waals surface area contributed by atoms with Crippen molar-refractivity contribution in [2.24, 2.45) is 28.1 Å². The predicted octanol–water partition coefficient (Wildman–Crippen LogP) is 21.3. The smallest absolute Gasteiger partial charge is 0.316 e. The summed E-state index contributed by atoms with van der Waals surface area (Å²) in [5.74, 6) is 1.18. The monoisotopic (exact) mass is 1410 g/mol. The topological polar surface area (TPSA) is 253 Å². The summed E-state index contributed by atoms with van der Waals surface area (Å²) >= 11 is 0. The number of fused-ring (bicyclic) bond motifs is 7. The van der Waals surface area contributed by atoms with E-state index in [0.717, 1.165) is 50.5 Å². The quantitative estimate of drug-likeness (QED) is 0.0241. The standard InChI is InChI=1S/C20H20O3.C19H18O4.C19H18O3.C16H18O3.C14H20O3/c1-4-20(2,3)19(22)23-18-15-11-7-5-9-13(15)17(21)14-10-6-8-12-16(14)18;1-3-11(2)19(22)23-18-13-7-5-4-6-12(13)10-15-14(18)8-9-16(20)17(15)21;1-3-12(2)19(21)22-18-15-10-6-4-8-13(15)17(20)14-9-5-7-11-16(14)18;1-4-16(2,3)15(18)19-14-10-6-7-11-12(14)8-5-9-13(11)17;1-6-14(4,5)13(16)17-11-7-9(2)12(15)10(3)8-11/h5-12,21H,4H2,1-3H3;4-11,20-21H,3H2,1-2H3;4-12,20H,3H2,1-2H3;5-10,17H,4H2,1-3H3;7-8,15H,6H2,1-5H3.